The van der Waals surface area contributed by atoms with Gasteiger partial charge in [-0.3, -0.25) is 0 Å². The van der Waals surface area contributed by atoms with Crippen LogP contribution in [0.5, 0.6) is 0 Å². The Hall–Kier alpha value is -0.900. The Morgan fingerprint density at radius 3 is 2.88 bits per heavy atom. The molecule has 2 N–H and O–H groups in total. The van der Waals surface area contributed by atoms with Crippen molar-refractivity contribution in [3.05, 3.63) is 35.4 Å². The summed E-state index contributed by atoms with van der Waals surface area (Å²) in [6, 6.07) is 8.21. The van der Waals surface area contributed by atoms with Crippen LogP contribution in [-0.2, 0) is 11.3 Å². The number of benzene rings is 1. The molecule has 0 amide bonds. The lowest BCUT2D eigenvalue weighted by Gasteiger charge is -2.27. The molecule has 1 heterocycles. The van der Waals surface area contributed by atoms with E-state index in [1.165, 1.54) is 5.56 Å². The van der Waals surface area contributed by atoms with Crippen LogP contribution in [0.1, 0.15) is 30.1 Å². The molecule has 0 aromatic heterocycles. The van der Waals surface area contributed by atoms with Crippen LogP contribution in [0.25, 0.3) is 0 Å². The van der Waals surface area contributed by atoms with Crippen molar-refractivity contribution in [2.45, 2.75) is 25.5 Å². The zero-order valence-corrected chi connectivity index (χ0v) is 10.4. The summed E-state index contributed by atoms with van der Waals surface area (Å²) in [5.41, 5.74) is 2.25. The van der Waals surface area contributed by atoms with Gasteiger partial charge in [0.05, 0.1) is 6.10 Å². The van der Waals surface area contributed by atoms with Crippen molar-refractivity contribution in [3.8, 4) is 0 Å². The molecule has 94 valence electrons. The lowest BCUT2D eigenvalue weighted by Crippen LogP contribution is -2.22. The van der Waals surface area contributed by atoms with Gasteiger partial charge in [0.2, 0.25) is 0 Å². The zero-order chi connectivity index (χ0) is 12.1. The monoisotopic (exact) mass is 235 g/mol. The molecule has 0 aliphatic carbocycles. The Bertz CT molecular complexity index is 348. The molecule has 1 saturated heterocycles. The SMILES string of the molecule is CNCc1cccc(C(O)C2CCOCC2)c1. The minimum absolute atomic E-state index is 0.341. The maximum atomic E-state index is 10.4. The van der Waals surface area contributed by atoms with E-state index in [1.807, 2.05) is 19.2 Å². The van der Waals surface area contributed by atoms with E-state index in [-0.39, 0.29) is 6.10 Å². The molecular weight excluding hydrogens is 214 g/mol. The van der Waals surface area contributed by atoms with Crippen LogP contribution in [0.2, 0.25) is 0 Å². The summed E-state index contributed by atoms with van der Waals surface area (Å²) in [5.74, 6) is 0.341. The van der Waals surface area contributed by atoms with Gasteiger partial charge in [0.25, 0.3) is 0 Å². The Morgan fingerprint density at radius 1 is 1.41 bits per heavy atom. The van der Waals surface area contributed by atoms with E-state index in [0.717, 1.165) is 38.2 Å². The van der Waals surface area contributed by atoms with Gasteiger partial charge in [0.15, 0.2) is 0 Å². The van der Waals surface area contributed by atoms with Crippen molar-refractivity contribution in [1.82, 2.24) is 5.32 Å². The molecule has 1 atom stereocenters. The number of rotatable bonds is 4. The first-order valence-electron chi connectivity index (χ1n) is 6.30. The second-order valence-electron chi connectivity index (χ2n) is 4.67. The highest BCUT2D eigenvalue weighted by Gasteiger charge is 2.23. The average molecular weight is 235 g/mol. The summed E-state index contributed by atoms with van der Waals surface area (Å²) in [4.78, 5) is 0. The van der Waals surface area contributed by atoms with Crippen molar-refractivity contribution in [3.63, 3.8) is 0 Å². The van der Waals surface area contributed by atoms with Gasteiger partial charge >= 0.3 is 0 Å². The number of hydrogen-bond acceptors (Lipinski definition) is 3. The van der Waals surface area contributed by atoms with E-state index >= 15 is 0 Å². The van der Waals surface area contributed by atoms with Gasteiger partial charge < -0.3 is 15.2 Å². The minimum Gasteiger partial charge on any atom is -0.388 e. The fourth-order valence-electron chi connectivity index (χ4n) is 2.39. The quantitative estimate of drug-likeness (QED) is 0.837. The molecule has 0 saturated carbocycles. The first kappa shape index (κ1) is 12.6. The molecule has 0 spiro atoms. The van der Waals surface area contributed by atoms with Crippen LogP contribution in [0.4, 0.5) is 0 Å². The average Bonchev–Trinajstić information content (AvgIpc) is 2.40. The van der Waals surface area contributed by atoms with Crippen molar-refractivity contribution in [2.24, 2.45) is 5.92 Å². The van der Waals surface area contributed by atoms with Crippen LogP contribution in [-0.4, -0.2) is 25.4 Å². The summed E-state index contributed by atoms with van der Waals surface area (Å²) < 4.78 is 5.33. The van der Waals surface area contributed by atoms with Crippen molar-refractivity contribution in [2.75, 3.05) is 20.3 Å². The lowest BCUT2D eigenvalue weighted by atomic mass is 9.89. The number of aliphatic hydroxyl groups is 1. The maximum Gasteiger partial charge on any atom is 0.0820 e. The zero-order valence-electron chi connectivity index (χ0n) is 10.4. The molecule has 2 rings (SSSR count). The molecule has 1 aromatic carbocycles. The van der Waals surface area contributed by atoms with Gasteiger partial charge in [-0.2, -0.15) is 0 Å². The van der Waals surface area contributed by atoms with Crippen LogP contribution in [0.3, 0.4) is 0 Å². The fraction of sp³-hybridized carbons (Fsp3) is 0.571. The Labute approximate surface area is 103 Å². The summed E-state index contributed by atoms with van der Waals surface area (Å²) >= 11 is 0. The first-order valence-corrected chi connectivity index (χ1v) is 6.30. The van der Waals surface area contributed by atoms with Crippen LogP contribution >= 0.6 is 0 Å². The number of hydrogen-bond donors (Lipinski definition) is 2. The van der Waals surface area contributed by atoms with Crippen molar-refractivity contribution < 1.29 is 9.84 Å². The predicted molar refractivity (Wildman–Crippen MR) is 67.7 cm³/mol. The third-order valence-electron chi connectivity index (χ3n) is 3.39. The Morgan fingerprint density at radius 2 is 2.18 bits per heavy atom. The highest BCUT2D eigenvalue weighted by Crippen LogP contribution is 2.30. The van der Waals surface area contributed by atoms with Crippen molar-refractivity contribution >= 4 is 0 Å². The van der Waals surface area contributed by atoms with Gasteiger partial charge in [-0.25, -0.2) is 0 Å². The van der Waals surface area contributed by atoms with Gasteiger partial charge in [0, 0.05) is 19.8 Å². The number of ether oxygens (including phenoxy) is 1. The van der Waals surface area contributed by atoms with E-state index in [1.54, 1.807) is 0 Å². The van der Waals surface area contributed by atoms with E-state index in [2.05, 4.69) is 17.4 Å². The Balaban J connectivity index is 2.06. The highest BCUT2D eigenvalue weighted by molar-refractivity contribution is 5.25. The summed E-state index contributed by atoms with van der Waals surface area (Å²) in [5, 5.41) is 13.5. The molecule has 1 unspecified atom stereocenters. The summed E-state index contributed by atoms with van der Waals surface area (Å²) in [6.45, 7) is 2.39. The second-order valence-corrected chi connectivity index (χ2v) is 4.67. The van der Waals surface area contributed by atoms with Crippen molar-refractivity contribution in [1.29, 1.82) is 0 Å². The van der Waals surface area contributed by atoms with E-state index in [9.17, 15) is 5.11 Å². The molecule has 1 fully saturated rings. The van der Waals surface area contributed by atoms with Crippen LogP contribution in [0.15, 0.2) is 24.3 Å². The highest BCUT2D eigenvalue weighted by atomic mass is 16.5. The number of aliphatic hydroxyl groups excluding tert-OH is 1. The molecule has 17 heavy (non-hydrogen) atoms. The molecule has 0 radical (unpaired) electrons. The van der Waals surface area contributed by atoms with Gasteiger partial charge in [0.1, 0.15) is 0 Å². The second kappa shape index (κ2) is 6.15. The number of nitrogens with one attached hydrogen (secondary N) is 1. The van der Waals surface area contributed by atoms with Gasteiger partial charge in [-0.05, 0) is 36.9 Å². The summed E-state index contributed by atoms with van der Waals surface area (Å²) in [6.07, 6.45) is 1.56. The van der Waals surface area contributed by atoms with Gasteiger partial charge in [-0.15, -0.1) is 0 Å². The molecular formula is C14H21NO2. The molecule has 1 aliphatic rings. The molecule has 0 bridgehead atoms. The van der Waals surface area contributed by atoms with E-state index in [4.69, 9.17) is 4.74 Å². The molecule has 3 nitrogen and oxygen atoms in total. The molecule has 1 aromatic rings. The molecule has 1 aliphatic heterocycles. The van der Waals surface area contributed by atoms with E-state index in [0.29, 0.717) is 5.92 Å². The predicted octanol–water partition coefficient (Wildman–Crippen LogP) is 1.87. The molecule has 3 heteroatoms. The van der Waals surface area contributed by atoms with Gasteiger partial charge in [-0.1, -0.05) is 24.3 Å². The maximum absolute atomic E-state index is 10.4. The third kappa shape index (κ3) is 3.28. The minimum atomic E-state index is -0.351. The van der Waals surface area contributed by atoms with E-state index < -0.39 is 0 Å². The topological polar surface area (TPSA) is 41.5 Å². The standard InChI is InChI=1S/C14H21NO2/c1-15-10-11-3-2-4-13(9-11)14(16)12-5-7-17-8-6-12/h2-4,9,12,14-16H,5-8,10H2,1H3. The normalized spacial score (nSPS) is 19.2. The fourth-order valence-corrected chi connectivity index (χ4v) is 2.39. The third-order valence-corrected chi connectivity index (χ3v) is 3.39. The Kier molecular flexibility index (Phi) is 4.54. The largest absolute Gasteiger partial charge is 0.388 e. The lowest BCUT2D eigenvalue weighted by molar-refractivity contribution is 0.00716. The van der Waals surface area contributed by atoms with Crippen LogP contribution in [0, 0.1) is 5.92 Å². The smallest absolute Gasteiger partial charge is 0.0820 e. The first-order chi connectivity index (χ1) is 8.31. The summed E-state index contributed by atoms with van der Waals surface area (Å²) in [7, 11) is 1.93. The van der Waals surface area contributed by atoms with Crippen LogP contribution < -0.4 is 5.32 Å².